The quantitative estimate of drug-likeness (QED) is 0.251. The molecule has 0 spiro atoms. The molecule has 2 aliphatic heterocycles. The monoisotopic (exact) mass is 538 g/mol. The molecule has 25 heavy (non-hydrogen) atoms. The molecule has 1 aromatic carbocycles. The number of fused-ring (bicyclic) bond motifs is 2. The number of rotatable bonds is 1. The Morgan fingerprint density at radius 3 is 2.36 bits per heavy atom. The summed E-state index contributed by atoms with van der Waals surface area (Å²) in [5.41, 5.74) is 1.07. The second-order valence-electron chi connectivity index (χ2n) is 5.53. The maximum atomic E-state index is 15.1. The van der Waals surface area contributed by atoms with E-state index in [1.807, 2.05) is 0 Å². The van der Waals surface area contributed by atoms with Crippen LogP contribution in [0.5, 0.6) is 0 Å². The first kappa shape index (κ1) is 17.3. The number of nitrogens with zero attached hydrogens (tertiary/aromatic N) is 2. The lowest BCUT2D eigenvalue weighted by Gasteiger charge is -2.32. The van der Waals surface area contributed by atoms with Gasteiger partial charge in [0.25, 0.3) is 0 Å². The largest absolute Gasteiger partial charge is 0.738 e. The van der Waals surface area contributed by atoms with Crippen molar-refractivity contribution in [1.82, 2.24) is 4.48 Å². The van der Waals surface area contributed by atoms with E-state index in [1.165, 1.54) is 24.3 Å². The normalized spacial score (nSPS) is 18.0. The van der Waals surface area contributed by atoms with E-state index < -0.39 is 18.6 Å². The zero-order valence-corrected chi connectivity index (χ0v) is 16.8. The van der Waals surface area contributed by atoms with Crippen molar-refractivity contribution in [3.05, 3.63) is 74.1 Å². The summed E-state index contributed by atoms with van der Waals surface area (Å²) >= 11 is 9.51. The zero-order chi connectivity index (χ0) is 18.1. The molecular formula is C15H6BBr3F4N2. The molecule has 0 amide bonds. The Bertz CT molecular complexity index is 1040. The summed E-state index contributed by atoms with van der Waals surface area (Å²) in [4.78, 5) is 0. The van der Waals surface area contributed by atoms with Crippen molar-refractivity contribution < 1.29 is 21.9 Å². The highest BCUT2D eigenvalue weighted by molar-refractivity contribution is 9.18. The van der Waals surface area contributed by atoms with Crippen molar-refractivity contribution in [1.29, 1.82) is 0 Å². The van der Waals surface area contributed by atoms with E-state index in [4.69, 9.17) is 0 Å². The van der Waals surface area contributed by atoms with Crippen molar-refractivity contribution in [2.75, 3.05) is 0 Å². The smallest absolute Gasteiger partial charge is 0.389 e. The number of allylic oxidation sites excluding steroid dienone is 2. The van der Waals surface area contributed by atoms with Gasteiger partial charge in [-0.1, -0.05) is 15.9 Å². The highest BCUT2D eigenvalue weighted by atomic mass is 79.9. The predicted octanol–water partition coefficient (Wildman–Crippen LogP) is 5.66. The first-order valence-corrected chi connectivity index (χ1v) is 9.40. The van der Waals surface area contributed by atoms with Gasteiger partial charge in [0.2, 0.25) is 4.62 Å². The average molecular weight is 541 g/mol. The van der Waals surface area contributed by atoms with Gasteiger partial charge in [-0.2, -0.15) is 0 Å². The van der Waals surface area contributed by atoms with Crippen LogP contribution in [0.15, 0.2) is 51.2 Å². The van der Waals surface area contributed by atoms with Crippen LogP contribution < -0.4 is 0 Å². The maximum absolute atomic E-state index is 15.1. The summed E-state index contributed by atoms with van der Waals surface area (Å²) < 4.78 is 59.9. The molecular weight excluding hydrogens is 535 g/mol. The molecule has 0 N–H and O–H groups in total. The number of aromatic nitrogens is 1. The molecule has 4 rings (SSSR count). The Kier molecular flexibility index (Phi) is 3.93. The summed E-state index contributed by atoms with van der Waals surface area (Å²) in [6.07, 6.45) is 3.02. The molecule has 2 aromatic rings. The Labute approximate surface area is 165 Å². The van der Waals surface area contributed by atoms with Gasteiger partial charge >= 0.3 is 6.97 Å². The van der Waals surface area contributed by atoms with Crippen LogP contribution in [0.4, 0.5) is 17.4 Å². The Balaban J connectivity index is 2.13. The third kappa shape index (κ3) is 2.37. The van der Waals surface area contributed by atoms with Crippen molar-refractivity contribution in [3.8, 4) is 0 Å². The minimum absolute atomic E-state index is 0.190. The van der Waals surface area contributed by atoms with Gasteiger partial charge < -0.3 is 17.6 Å². The number of hydrogen-bond acceptors (Lipinski definition) is 0. The number of benzene rings is 1. The van der Waals surface area contributed by atoms with Crippen LogP contribution in [0.2, 0.25) is 0 Å². The van der Waals surface area contributed by atoms with E-state index in [0.717, 1.165) is 21.1 Å². The van der Waals surface area contributed by atoms with Crippen molar-refractivity contribution in [2.24, 2.45) is 0 Å². The van der Waals surface area contributed by atoms with Gasteiger partial charge in [-0.3, -0.25) is 0 Å². The van der Waals surface area contributed by atoms with E-state index in [-0.39, 0.29) is 30.7 Å². The van der Waals surface area contributed by atoms with Gasteiger partial charge in [-0.15, -0.1) is 0 Å². The zero-order valence-electron chi connectivity index (χ0n) is 12.1. The summed E-state index contributed by atoms with van der Waals surface area (Å²) in [7, 11) is 0. The van der Waals surface area contributed by atoms with Crippen LogP contribution in [0.25, 0.3) is 5.57 Å². The van der Waals surface area contributed by atoms with Crippen LogP contribution in [0, 0.1) is 11.6 Å². The third-order valence-corrected chi connectivity index (χ3v) is 6.10. The highest BCUT2D eigenvalue weighted by Gasteiger charge is 2.54. The Morgan fingerprint density at radius 2 is 1.64 bits per heavy atom. The second kappa shape index (κ2) is 5.69. The van der Waals surface area contributed by atoms with Gasteiger partial charge in [-0.25, -0.2) is 8.78 Å². The minimum Gasteiger partial charge on any atom is -0.389 e. The standard InChI is InChI=1S/C15H6BBr3F4N2/c17-8-6-10(21)9(20)5-7(8)15-11-1-3-13(18)24(11)16(22,23)25-12(15)2-4-14(25)19/h1-6H. The van der Waals surface area contributed by atoms with Crippen LogP contribution in [0.1, 0.15) is 11.3 Å². The molecule has 0 bridgehead atoms. The summed E-state index contributed by atoms with van der Waals surface area (Å²) in [5, 5.41) is 0. The summed E-state index contributed by atoms with van der Waals surface area (Å²) in [6.45, 7) is -4.16. The lowest BCUT2D eigenvalue weighted by Crippen LogP contribution is -2.50. The van der Waals surface area contributed by atoms with Crippen molar-refractivity contribution in [3.63, 3.8) is 0 Å². The van der Waals surface area contributed by atoms with Gasteiger partial charge in [0.15, 0.2) is 17.3 Å². The minimum atomic E-state index is -4.16. The summed E-state index contributed by atoms with van der Waals surface area (Å²) in [5.74, 6) is -2.07. The summed E-state index contributed by atoms with van der Waals surface area (Å²) in [6, 6.07) is 5.01. The third-order valence-electron chi connectivity index (χ3n) is 4.15. The van der Waals surface area contributed by atoms with Crippen LogP contribution in [-0.2, 0) is 0 Å². The fourth-order valence-corrected chi connectivity index (χ4v) is 4.78. The molecule has 3 heterocycles. The molecule has 1 aromatic heterocycles. The number of halogens is 7. The van der Waals surface area contributed by atoms with Crippen molar-refractivity contribution >= 4 is 65.0 Å². The second-order valence-corrected chi connectivity index (χ2v) is 8.01. The fourth-order valence-electron chi connectivity index (χ4n) is 3.12. The molecule has 10 heteroatoms. The maximum Gasteiger partial charge on any atom is 0.738 e. The SMILES string of the molecule is Fc1cc(Br)c(C2=C3C=CC(Br)=[N+]3[B-](F)(F)n3c(Br)ccc32)cc1F. The van der Waals surface area contributed by atoms with E-state index in [1.54, 1.807) is 0 Å². The van der Waals surface area contributed by atoms with E-state index in [2.05, 4.69) is 47.8 Å². The van der Waals surface area contributed by atoms with Crippen LogP contribution >= 0.6 is 47.8 Å². The van der Waals surface area contributed by atoms with Gasteiger partial charge in [0.1, 0.15) is 0 Å². The molecule has 2 nitrogen and oxygen atoms in total. The first-order chi connectivity index (χ1) is 11.7. The van der Waals surface area contributed by atoms with Gasteiger partial charge in [-0.05, 0) is 40.2 Å². The molecule has 128 valence electrons. The van der Waals surface area contributed by atoms with Gasteiger partial charge in [0.05, 0.1) is 10.2 Å². The molecule has 0 saturated carbocycles. The van der Waals surface area contributed by atoms with E-state index in [0.29, 0.717) is 5.57 Å². The van der Waals surface area contributed by atoms with E-state index >= 15 is 8.63 Å². The lowest BCUT2D eigenvalue weighted by molar-refractivity contribution is -0.358. The average Bonchev–Trinajstić information content (AvgIpc) is 3.09. The molecule has 2 aliphatic rings. The molecule has 0 unspecified atom stereocenters. The van der Waals surface area contributed by atoms with Crippen molar-refractivity contribution in [2.45, 2.75) is 0 Å². The molecule has 0 atom stereocenters. The molecule has 0 saturated heterocycles. The Morgan fingerprint density at radius 1 is 0.960 bits per heavy atom. The molecule has 0 aliphatic carbocycles. The van der Waals surface area contributed by atoms with Gasteiger partial charge in [0, 0.05) is 43.8 Å². The number of hydrogen-bond donors (Lipinski definition) is 0. The van der Waals surface area contributed by atoms with E-state index in [9.17, 15) is 8.78 Å². The lowest BCUT2D eigenvalue weighted by atomic mass is 9.86. The molecule has 0 radical (unpaired) electrons. The predicted molar refractivity (Wildman–Crippen MR) is 98.9 cm³/mol. The topological polar surface area (TPSA) is 7.94 Å². The molecule has 0 fully saturated rings. The van der Waals surface area contributed by atoms with Crippen LogP contribution in [-0.4, -0.2) is 20.6 Å². The first-order valence-electron chi connectivity index (χ1n) is 7.02. The Hall–Kier alpha value is -1.13. The highest BCUT2D eigenvalue weighted by Crippen LogP contribution is 2.43. The van der Waals surface area contributed by atoms with Crippen LogP contribution in [0.3, 0.4) is 0 Å². The fraction of sp³-hybridized carbons (Fsp3) is 0.